The summed E-state index contributed by atoms with van der Waals surface area (Å²) >= 11 is 0. The topological polar surface area (TPSA) is 103 Å². The van der Waals surface area contributed by atoms with Gasteiger partial charge in [0, 0.05) is 32.3 Å². The molecule has 1 fully saturated rings. The van der Waals surface area contributed by atoms with E-state index < -0.39 is 10.0 Å². The maximum absolute atomic E-state index is 13.2. The number of phenolic OH excluding ortho intramolecular Hbond substituents is 1. The second-order valence-electron chi connectivity index (χ2n) is 8.41. The standard InChI is InChI=1S/C24H31N3O6S/c1-17(2)33-12-4-9-27-22-8-6-19(34(29,30)26-10-13-32-14-11-26)16-21(22)25-24(27)20-7-5-18(28)15-23(20)31-3/h5-8,15-17,28H,4,9-14H2,1-3H3. The second kappa shape index (κ2) is 10.3. The highest BCUT2D eigenvalue weighted by Crippen LogP contribution is 2.35. The van der Waals surface area contributed by atoms with E-state index in [1.807, 2.05) is 18.4 Å². The maximum atomic E-state index is 13.2. The molecule has 9 nitrogen and oxygen atoms in total. The Kier molecular flexibility index (Phi) is 7.42. The third-order valence-corrected chi connectivity index (χ3v) is 7.63. The fraction of sp³-hybridized carbons (Fsp3) is 0.458. The molecule has 34 heavy (non-hydrogen) atoms. The number of benzene rings is 2. The van der Waals surface area contributed by atoms with Gasteiger partial charge < -0.3 is 23.9 Å². The van der Waals surface area contributed by atoms with Crippen LogP contribution in [0.2, 0.25) is 0 Å². The van der Waals surface area contributed by atoms with Gasteiger partial charge in [-0.15, -0.1) is 0 Å². The largest absolute Gasteiger partial charge is 0.508 e. The molecule has 0 amide bonds. The predicted octanol–water partition coefficient (Wildman–Crippen LogP) is 3.25. The van der Waals surface area contributed by atoms with Gasteiger partial charge in [0.1, 0.15) is 17.3 Å². The number of fused-ring (bicyclic) bond motifs is 1. The molecule has 0 bridgehead atoms. The number of ether oxygens (including phenoxy) is 3. The zero-order valence-electron chi connectivity index (χ0n) is 19.7. The molecule has 1 aromatic heterocycles. The molecular formula is C24H31N3O6S. The Morgan fingerprint density at radius 1 is 1.15 bits per heavy atom. The Hall–Kier alpha value is -2.66. The summed E-state index contributed by atoms with van der Waals surface area (Å²) in [5.74, 6) is 1.21. The molecule has 2 aromatic carbocycles. The van der Waals surface area contributed by atoms with Gasteiger partial charge in [-0.05, 0) is 50.6 Å². The Balaban J connectivity index is 1.77. The van der Waals surface area contributed by atoms with E-state index in [-0.39, 0.29) is 16.7 Å². The van der Waals surface area contributed by atoms with Crippen molar-refractivity contribution in [2.75, 3.05) is 40.0 Å². The quantitative estimate of drug-likeness (QED) is 0.460. The average Bonchev–Trinajstić information content (AvgIpc) is 3.19. The van der Waals surface area contributed by atoms with Crippen molar-refractivity contribution < 1.29 is 27.7 Å². The number of rotatable bonds is 9. The van der Waals surface area contributed by atoms with Crippen LogP contribution in [0.5, 0.6) is 11.5 Å². The molecule has 0 atom stereocenters. The van der Waals surface area contributed by atoms with Crippen molar-refractivity contribution in [2.45, 2.75) is 37.8 Å². The minimum Gasteiger partial charge on any atom is -0.508 e. The van der Waals surface area contributed by atoms with Crippen LogP contribution in [0.3, 0.4) is 0 Å². The van der Waals surface area contributed by atoms with E-state index in [1.54, 1.807) is 30.3 Å². The van der Waals surface area contributed by atoms with Crippen molar-refractivity contribution in [1.82, 2.24) is 13.9 Å². The Labute approximate surface area is 199 Å². The van der Waals surface area contributed by atoms with Crippen LogP contribution in [0.1, 0.15) is 20.3 Å². The van der Waals surface area contributed by atoms with Crippen molar-refractivity contribution in [3.63, 3.8) is 0 Å². The van der Waals surface area contributed by atoms with Crippen LogP contribution in [-0.2, 0) is 26.0 Å². The lowest BCUT2D eigenvalue weighted by molar-refractivity contribution is 0.0730. The van der Waals surface area contributed by atoms with E-state index >= 15 is 0 Å². The third kappa shape index (κ3) is 5.05. The summed E-state index contributed by atoms with van der Waals surface area (Å²) in [6.45, 7) is 6.65. The SMILES string of the molecule is COc1cc(O)ccc1-c1nc2cc(S(=O)(=O)N3CCOCC3)ccc2n1CCCOC(C)C. The van der Waals surface area contributed by atoms with Gasteiger partial charge in [-0.25, -0.2) is 13.4 Å². The molecule has 0 aliphatic carbocycles. The summed E-state index contributed by atoms with van der Waals surface area (Å²) in [7, 11) is -2.11. The summed E-state index contributed by atoms with van der Waals surface area (Å²) in [4.78, 5) is 5.01. The molecule has 3 aromatic rings. The third-order valence-electron chi connectivity index (χ3n) is 5.73. The molecule has 1 N–H and O–H groups in total. The van der Waals surface area contributed by atoms with Crippen LogP contribution in [0.25, 0.3) is 22.4 Å². The first-order valence-electron chi connectivity index (χ1n) is 11.4. The fourth-order valence-electron chi connectivity index (χ4n) is 4.04. The van der Waals surface area contributed by atoms with E-state index in [0.717, 1.165) is 11.9 Å². The van der Waals surface area contributed by atoms with Gasteiger partial charge in [0.25, 0.3) is 0 Å². The molecule has 184 valence electrons. The smallest absolute Gasteiger partial charge is 0.243 e. The molecule has 4 rings (SSSR count). The van der Waals surface area contributed by atoms with Crippen molar-refractivity contribution in [3.8, 4) is 22.9 Å². The highest BCUT2D eigenvalue weighted by molar-refractivity contribution is 7.89. The van der Waals surface area contributed by atoms with Crippen molar-refractivity contribution >= 4 is 21.1 Å². The lowest BCUT2D eigenvalue weighted by atomic mass is 10.1. The van der Waals surface area contributed by atoms with Crippen LogP contribution < -0.4 is 4.74 Å². The monoisotopic (exact) mass is 489 g/mol. The maximum Gasteiger partial charge on any atom is 0.243 e. The van der Waals surface area contributed by atoms with E-state index in [0.29, 0.717) is 62.1 Å². The highest BCUT2D eigenvalue weighted by Gasteiger charge is 2.27. The summed E-state index contributed by atoms with van der Waals surface area (Å²) in [6, 6.07) is 9.93. The first kappa shape index (κ1) is 24.5. The summed E-state index contributed by atoms with van der Waals surface area (Å²) < 4.78 is 46.3. The molecule has 10 heteroatoms. The van der Waals surface area contributed by atoms with Crippen molar-refractivity contribution in [1.29, 1.82) is 0 Å². The van der Waals surface area contributed by atoms with Gasteiger partial charge in [-0.1, -0.05) is 0 Å². The number of aryl methyl sites for hydroxylation is 1. The number of aromatic hydroxyl groups is 1. The van der Waals surface area contributed by atoms with E-state index in [9.17, 15) is 13.5 Å². The number of phenols is 1. The van der Waals surface area contributed by atoms with E-state index in [2.05, 4.69) is 0 Å². The highest BCUT2D eigenvalue weighted by atomic mass is 32.2. The number of aromatic nitrogens is 2. The molecule has 2 heterocycles. The van der Waals surface area contributed by atoms with Crippen LogP contribution in [0, 0.1) is 0 Å². The molecule has 1 saturated heterocycles. The second-order valence-corrected chi connectivity index (χ2v) is 10.3. The molecule has 1 aliphatic rings. The zero-order valence-corrected chi connectivity index (χ0v) is 20.5. The molecule has 0 spiro atoms. The predicted molar refractivity (Wildman–Crippen MR) is 129 cm³/mol. The van der Waals surface area contributed by atoms with Crippen LogP contribution in [0.4, 0.5) is 0 Å². The van der Waals surface area contributed by atoms with E-state index in [4.69, 9.17) is 19.2 Å². The zero-order chi connectivity index (χ0) is 24.3. The Morgan fingerprint density at radius 3 is 2.62 bits per heavy atom. The molecule has 0 radical (unpaired) electrons. The number of hydrogen-bond acceptors (Lipinski definition) is 7. The van der Waals surface area contributed by atoms with Gasteiger partial charge in [-0.3, -0.25) is 0 Å². The minimum absolute atomic E-state index is 0.0903. The minimum atomic E-state index is -3.64. The molecule has 0 unspecified atom stereocenters. The van der Waals surface area contributed by atoms with Crippen LogP contribution >= 0.6 is 0 Å². The summed E-state index contributed by atoms with van der Waals surface area (Å²) in [5.41, 5.74) is 2.10. The first-order valence-corrected chi connectivity index (χ1v) is 12.8. The van der Waals surface area contributed by atoms with Gasteiger partial charge in [-0.2, -0.15) is 4.31 Å². The number of imidazole rings is 1. The van der Waals surface area contributed by atoms with Gasteiger partial charge in [0.05, 0.1) is 47.9 Å². The number of sulfonamides is 1. The Morgan fingerprint density at radius 2 is 1.91 bits per heavy atom. The lowest BCUT2D eigenvalue weighted by Gasteiger charge is -2.26. The van der Waals surface area contributed by atoms with Crippen LogP contribution in [0.15, 0.2) is 41.3 Å². The van der Waals surface area contributed by atoms with Gasteiger partial charge in [0.2, 0.25) is 10.0 Å². The first-order chi connectivity index (χ1) is 16.3. The Bertz CT molecular complexity index is 1250. The average molecular weight is 490 g/mol. The number of methoxy groups -OCH3 is 1. The van der Waals surface area contributed by atoms with Gasteiger partial charge >= 0.3 is 0 Å². The number of morpholine rings is 1. The van der Waals surface area contributed by atoms with Crippen molar-refractivity contribution in [3.05, 3.63) is 36.4 Å². The summed E-state index contributed by atoms with van der Waals surface area (Å²) in [5, 5.41) is 9.90. The lowest BCUT2D eigenvalue weighted by Crippen LogP contribution is -2.40. The van der Waals surface area contributed by atoms with Crippen LogP contribution in [-0.4, -0.2) is 73.5 Å². The van der Waals surface area contributed by atoms with Gasteiger partial charge in [0.15, 0.2) is 0 Å². The molecule has 1 aliphatic heterocycles. The summed E-state index contributed by atoms with van der Waals surface area (Å²) in [6.07, 6.45) is 0.898. The van der Waals surface area contributed by atoms with Crippen molar-refractivity contribution in [2.24, 2.45) is 0 Å². The van der Waals surface area contributed by atoms with E-state index in [1.165, 1.54) is 17.5 Å². The number of hydrogen-bond donors (Lipinski definition) is 1. The molecule has 0 saturated carbocycles. The number of nitrogens with zero attached hydrogens (tertiary/aromatic N) is 3. The molecular weight excluding hydrogens is 458 g/mol. The normalized spacial score (nSPS) is 15.3. The fourth-order valence-corrected chi connectivity index (χ4v) is 5.47.